The number of carbonyl (C=O) groups excluding carboxylic acids is 1. The van der Waals surface area contributed by atoms with E-state index in [1.165, 1.54) is 16.9 Å². The van der Waals surface area contributed by atoms with Crippen molar-refractivity contribution in [3.8, 4) is 0 Å². The average molecular weight is 310 g/mol. The van der Waals surface area contributed by atoms with E-state index >= 15 is 0 Å². The molecule has 1 aromatic heterocycles. The monoisotopic (exact) mass is 309 g/mol. The third kappa shape index (κ3) is 4.58. The van der Waals surface area contributed by atoms with Crippen molar-refractivity contribution in [2.75, 3.05) is 5.32 Å². The van der Waals surface area contributed by atoms with Gasteiger partial charge in [-0.1, -0.05) is 41.7 Å². The second-order valence-electron chi connectivity index (χ2n) is 4.45. The number of benzene rings is 1. The zero-order valence-corrected chi connectivity index (χ0v) is 12.7. The number of hydrogen-bond donors (Lipinski definition) is 1. The van der Waals surface area contributed by atoms with Crippen molar-refractivity contribution in [1.29, 1.82) is 0 Å². The van der Waals surface area contributed by atoms with Crippen LogP contribution in [0.15, 0.2) is 30.3 Å². The van der Waals surface area contributed by atoms with Gasteiger partial charge in [0.25, 0.3) is 0 Å². The molecule has 0 fully saturated rings. The van der Waals surface area contributed by atoms with Gasteiger partial charge in [0.15, 0.2) is 0 Å². The fraction of sp³-hybridized carbons (Fsp3) is 0.357. The quantitative estimate of drug-likeness (QED) is 0.833. The minimum absolute atomic E-state index is 0.251. The first kappa shape index (κ1) is 14.9. The number of aromatic nitrogens is 2. The molecule has 0 saturated heterocycles. The van der Waals surface area contributed by atoms with Crippen molar-refractivity contribution >= 4 is 34.0 Å². The summed E-state index contributed by atoms with van der Waals surface area (Å²) in [6, 6.07) is 10.3. The zero-order chi connectivity index (χ0) is 14.4. The van der Waals surface area contributed by atoms with Crippen molar-refractivity contribution in [1.82, 2.24) is 10.2 Å². The Morgan fingerprint density at radius 2 is 2.05 bits per heavy atom. The van der Waals surface area contributed by atoms with E-state index in [0.717, 1.165) is 24.3 Å². The molecule has 20 heavy (non-hydrogen) atoms. The van der Waals surface area contributed by atoms with Crippen LogP contribution in [-0.2, 0) is 17.6 Å². The minimum atomic E-state index is -0.569. The number of hydrogen-bond acceptors (Lipinski definition) is 4. The summed E-state index contributed by atoms with van der Waals surface area (Å²) in [5.41, 5.74) is 1.32. The van der Waals surface area contributed by atoms with Crippen LogP contribution < -0.4 is 5.32 Å². The Bertz CT molecular complexity index is 557. The molecule has 0 aliphatic heterocycles. The van der Waals surface area contributed by atoms with Gasteiger partial charge >= 0.3 is 0 Å². The molecule has 1 aromatic carbocycles. The Morgan fingerprint density at radius 3 is 2.75 bits per heavy atom. The number of nitrogens with zero attached hydrogens (tertiary/aromatic N) is 2. The summed E-state index contributed by atoms with van der Waals surface area (Å²) in [7, 11) is 0. The van der Waals surface area contributed by atoms with E-state index in [-0.39, 0.29) is 5.91 Å². The van der Waals surface area contributed by atoms with Crippen LogP contribution in [0.4, 0.5) is 5.13 Å². The Kier molecular flexibility index (Phi) is 5.49. The first-order valence-corrected chi connectivity index (χ1v) is 7.71. The Balaban J connectivity index is 1.80. The molecule has 2 rings (SSSR count). The number of anilines is 1. The minimum Gasteiger partial charge on any atom is -0.299 e. The summed E-state index contributed by atoms with van der Waals surface area (Å²) in [5, 5.41) is 11.5. The first-order valence-electron chi connectivity index (χ1n) is 6.46. The largest absolute Gasteiger partial charge is 0.299 e. The molecule has 1 heterocycles. The summed E-state index contributed by atoms with van der Waals surface area (Å²) >= 11 is 7.08. The van der Waals surface area contributed by atoms with Gasteiger partial charge in [0.2, 0.25) is 11.0 Å². The number of alkyl halides is 1. The smallest absolute Gasteiger partial charge is 0.243 e. The van der Waals surface area contributed by atoms with Crippen molar-refractivity contribution in [2.24, 2.45) is 0 Å². The van der Waals surface area contributed by atoms with E-state index < -0.39 is 5.38 Å². The van der Waals surface area contributed by atoms with Gasteiger partial charge in [0.1, 0.15) is 10.4 Å². The van der Waals surface area contributed by atoms with Crippen LogP contribution in [0.1, 0.15) is 23.9 Å². The fourth-order valence-corrected chi connectivity index (χ4v) is 2.54. The molecule has 1 amide bonds. The van der Waals surface area contributed by atoms with Crippen LogP contribution >= 0.6 is 22.9 Å². The third-order valence-corrected chi connectivity index (χ3v) is 3.85. The summed E-state index contributed by atoms with van der Waals surface area (Å²) in [6.07, 6.45) is 2.89. The van der Waals surface area contributed by atoms with Crippen LogP contribution in [0.2, 0.25) is 0 Å². The van der Waals surface area contributed by atoms with Gasteiger partial charge in [-0.2, -0.15) is 0 Å². The molecule has 4 nitrogen and oxygen atoms in total. The molecule has 0 radical (unpaired) electrons. The molecule has 0 bridgehead atoms. The fourth-order valence-electron chi connectivity index (χ4n) is 1.70. The van der Waals surface area contributed by atoms with Crippen molar-refractivity contribution < 1.29 is 4.79 Å². The molecule has 0 unspecified atom stereocenters. The lowest BCUT2D eigenvalue weighted by molar-refractivity contribution is -0.115. The van der Waals surface area contributed by atoms with E-state index in [9.17, 15) is 4.79 Å². The molecule has 106 valence electrons. The molecule has 0 aliphatic rings. The van der Waals surface area contributed by atoms with E-state index in [4.69, 9.17) is 11.6 Å². The summed E-state index contributed by atoms with van der Waals surface area (Å²) < 4.78 is 0. The Labute approximate surface area is 127 Å². The summed E-state index contributed by atoms with van der Waals surface area (Å²) in [6.45, 7) is 1.62. The SMILES string of the molecule is C[C@@H](Cl)C(=O)Nc1nnc(CCCc2ccccc2)s1. The molecule has 1 atom stereocenters. The maximum absolute atomic E-state index is 11.4. The molecule has 0 spiro atoms. The van der Waals surface area contributed by atoms with Gasteiger partial charge in [0.05, 0.1) is 0 Å². The van der Waals surface area contributed by atoms with Crippen LogP contribution in [0, 0.1) is 0 Å². The normalized spacial score (nSPS) is 12.1. The van der Waals surface area contributed by atoms with Crippen LogP contribution in [-0.4, -0.2) is 21.5 Å². The van der Waals surface area contributed by atoms with Crippen molar-refractivity contribution in [3.05, 3.63) is 40.9 Å². The molecule has 0 aliphatic carbocycles. The van der Waals surface area contributed by atoms with Gasteiger partial charge in [-0.25, -0.2) is 0 Å². The predicted octanol–water partition coefficient (Wildman–Crippen LogP) is 3.28. The summed E-state index contributed by atoms with van der Waals surface area (Å²) in [4.78, 5) is 11.4. The number of carbonyl (C=O) groups is 1. The Morgan fingerprint density at radius 1 is 1.30 bits per heavy atom. The lowest BCUT2D eigenvalue weighted by Crippen LogP contribution is -2.20. The molecular formula is C14H16ClN3OS. The van der Waals surface area contributed by atoms with Gasteiger partial charge < -0.3 is 0 Å². The highest BCUT2D eigenvalue weighted by Gasteiger charge is 2.12. The van der Waals surface area contributed by atoms with Gasteiger partial charge in [-0.05, 0) is 25.3 Å². The molecule has 6 heteroatoms. The first-order chi connectivity index (χ1) is 9.65. The van der Waals surface area contributed by atoms with Crippen molar-refractivity contribution in [3.63, 3.8) is 0 Å². The second-order valence-corrected chi connectivity index (χ2v) is 6.16. The maximum Gasteiger partial charge on any atom is 0.243 e. The number of amides is 1. The third-order valence-electron chi connectivity index (χ3n) is 2.76. The van der Waals surface area contributed by atoms with Gasteiger partial charge in [-0.15, -0.1) is 21.8 Å². The highest BCUT2D eigenvalue weighted by Crippen LogP contribution is 2.18. The van der Waals surface area contributed by atoms with E-state index in [0.29, 0.717) is 5.13 Å². The van der Waals surface area contributed by atoms with E-state index in [1.807, 2.05) is 18.2 Å². The average Bonchev–Trinajstić information content (AvgIpc) is 2.87. The second kappa shape index (κ2) is 7.36. The van der Waals surface area contributed by atoms with Crippen molar-refractivity contribution in [2.45, 2.75) is 31.6 Å². The number of nitrogens with one attached hydrogen (secondary N) is 1. The maximum atomic E-state index is 11.4. The lowest BCUT2D eigenvalue weighted by Gasteiger charge is -2.00. The van der Waals surface area contributed by atoms with E-state index in [1.54, 1.807) is 6.92 Å². The zero-order valence-electron chi connectivity index (χ0n) is 11.2. The standard InChI is InChI=1S/C14H16ClN3OS/c1-10(15)13(19)16-14-18-17-12(20-14)9-5-8-11-6-3-2-4-7-11/h2-4,6-7,10H,5,8-9H2,1H3,(H,16,18,19)/t10-/m1/s1. The highest BCUT2D eigenvalue weighted by atomic mass is 35.5. The van der Waals surface area contributed by atoms with Gasteiger partial charge in [0, 0.05) is 6.42 Å². The highest BCUT2D eigenvalue weighted by molar-refractivity contribution is 7.15. The number of rotatable bonds is 6. The number of halogens is 1. The molecule has 0 saturated carbocycles. The van der Waals surface area contributed by atoms with Crippen LogP contribution in [0.25, 0.3) is 0 Å². The van der Waals surface area contributed by atoms with Crippen LogP contribution in [0.3, 0.4) is 0 Å². The topological polar surface area (TPSA) is 54.9 Å². The molecule has 1 N–H and O–H groups in total. The van der Waals surface area contributed by atoms with Gasteiger partial charge in [-0.3, -0.25) is 10.1 Å². The predicted molar refractivity (Wildman–Crippen MR) is 82.3 cm³/mol. The lowest BCUT2D eigenvalue weighted by atomic mass is 10.1. The van der Waals surface area contributed by atoms with Crippen LogP contribution in [0.5, 0.6) is 0 Å². The van der Waals surface area contributed by atoms with E-state index in [2.05, 4.69) is 27.6 Å². The molecule has 2 aromatic rings. The number of aryl methyl sites for hydroxylation is 2. The Hall–Kier alpha value is -1.46. The summed E-state index contributed by atoms with van der Waals surface area (Å²) in [5.74, 6) is -0.251. The molecular weight excluding hydrogens is 294 g/mol.